The monoisotopic (exact) mass is 358 g/mol. The van der Waals surface area contributed by atoms with E-state index in [1.54, 1.807) is 31.4 Å². The van der Waals surface area contributed by atoms with Gasteiger partial charge < -0.3 is 14.5 Å². The molecule has 134 valence electrons. The van der Waals surface area contributed by atoms with Gasteiger partial charge in [-0.25, -0.2) is 4.98 Å². The van der Waals surface area contributed by atoms with Gasteiger partial charge in [0.2, 0.25) is 0 Å². The molecule has 0 aliphatic heterocycles. The highest BCUT2D eigenvalue weighted by Gasteiger charge is 2.08. The van der Waals surface area contributed by atoms with Crippen molar-refractivity contribution in [1.29, 1.82) is 0 Å². The van der Waals surface area contributed by atoms with Crippen LogP contribution in [0.2, 0.25) is 0 Å². The minimum Gasteiger partial charge on any atom is -0.497 e. The first-order valence-electron chi connectivity index (χ1n) is 8.60. The van der Waals surface area contributed by atoms with Gasteiger partial charge in [-0.3, -0.25) is 4.79 Å². The number of ether oxygens (including phenoxy) is 1. The highest BCUT2D eigenvalue weighted by molar-refractivity contribution is 6.04. The lowest BCUT2D eigenvalue weighted by atomic mass is 10.1. The number of benzene rings is 3. The minimum atomic E-state index is -0.163. The molecule has 1 N–H and O–H groups in total. The number of nitrogens with zero attached hydrogens (tertiary/aromatic N) is 1. The Balaban J connectivity index is 1.42. The fraction of sp³-hybridized carbons (Fsp3) is 0.0909. The molecule has 1 heterocycles. The molecule has 5 heteroatoms. The number of rotatable bonds is 5. The molecule has 5 nitrogen and oxygen atoms in total. The number of methoxy groups -OCH3 is 1. The predicted octanol–water partition coefficient (Wildman–Crippen LogP) is 4.68. The van der Waals surface area contributed by atoms with Gasteiger partial charge in [0.15, 0.2) is 11.5 Å². The van der Waals surface area contributed by atoms with Crippen molar-refractivity contribution in [2.45, 2.75) is 6.42 Å². The summed E-state index contributed by atoms with van der Waals surface area (Å²) in [5.74, 6) is 1.23. The number of hydrogen-bond acceptors (Lipinski definition) is 4. The Bertz CT molecular complexity index is 1030. The molecule has 0 aliphatic rings. The van der Waals surface area contributed by atoms with E-state index >= 15 is 0 Å². The van der Waals surface area contributed by atoms with E-state index < -0.39 is 0 Å². The number of fused-ring (bicyclic) bond motifs is 1. The van der Waals surface area contributed by atoms with Crippen molar-refractivity contribution in [2.75, 3.05) is 12.4 Å². The van der Waals surface area contributed by atoms with Crippen LogP contribution in [0.4, 0.5) is 5.69 Å². The number of oxazole rings is 1. The second-order valence-corrected chi connectivity index (χ2v) is 6.13. The number of carbonyl (C=O) groups is 1. The summed E-state index contributed by atoms with van der Waals surface area (Å²) in [4.78, 5) is 16.8. The second kappa shape index (κ2) is 7.33. The van der Waals surface area contributed by atoms with Crippen molar-refractivity contribution >= 4 is 22.7 Å². The van der Waals surface area contributed by atoms with E-state index in [4.69, 9.17) is 9.15 Å². The minimum absolute atomic E-state index is 0.163. The Kier molecular flexibility index (Phi) is 4.58. The van der Waals surface area contributed by atoms with Gasteiger partial charge in [0.25, 0.3) is 5.91 Å². The van der Waals surface area contributed by atoms with Crippen LogP contribution < -0.4 is 10.1 Å². The Morgan fingerprint density at radius 3 is 2.44 bits per heavy atom. The average molecular weight is 358 g/mol. The zero-order valence-electron chi connectivity index (χ0n) is 14.8. The normalized spacial score (nSPS) is 10.7. The number of anilines is 1. The quantitative estimate of drug-likeness (QED) is 0.563. The second-order valence-electron chi connectivity index (χ2n) is 6.13. The van der Waals surface area contributed by atoms with E-state index in [-0.39, 0.29) is 5.91 Å². The first-order chi connectivity index (χ1) is 13.2. The van der Waals surface area contributed by atoms with Crippen molar-refractivity contribution in [1.82, 2.24) is 4.98 Å². The molecule has 0 atom stereocenters. The van der Waals surface area contributed by atoms with Gasteiger partial charge in [0.1, 0.15) is 11.3 Å². The Labute approximate surface area is 156 Å². The lowest BCUT2D eigenvalue weighted by Crippen LogP contribution is -2.11. The van der Waals surface area contributed by atoms with Crippen LogP contribution in [-0.4, -0.2) is 18.0 Å². The summed E-state index contributed by atoms with van der Waals surface area (Å²) in [7, 11) is 1.59. The maximum Gasteiger partial charge on any atom is 0.255 e. The zero-order chi connectivity index (χ0) is 18.6. The van der Waals surface area contributed by atoms with Gasteiger partial charge in [-0.2, -0.15) is 0 Å². The lowest BCUT2D eigenvalue weighted by Gasteiger charge is -2.07. The molecule has 0 spiro atoms. The van der Waals surface area contributed by atoms with Crippen LogP contribution in [0.3, 0.4) is 0 Å². The molecule has 1 aromatic heterocycles. The van der Waals surface area contributed by atoms with Crippen molar-refractivity contribution in [2.24, 2.45) is 0 Å². The molecular formula is C22H18N2O3. The van der Waals surface area contributed by atoms with Gasteiger partial charge in [-0.15, -0.1) is 0 Å². The van der Waals surface area contributed by atoms with Gasteiger partial charge in [-0.1, -0.05) is 24.3 Å². The lowest BCUT2D eigenvalue weighted by molar-refractivity contribution is 0.102. The van der Waals surface area contributed by atoms with E-state index in [1.165, 1.54) is 0 Å². The van der Waals surface area contributed by atoms with Gasteiger partial charge in [0.05, 0.1) is 7.11 Å². The first-order valence-corrected chi connectivity index (χ1v) is 8.60. The van der Waals surface area contributed by atoms with Crippen LogP contribution in [0.25, 0.3) is 11.1 Å². The average Bonchev–Trinajstić information content (AvgIpc) is 3.12. The zero-order valence-corrected chi connectivity index (χ0v) is 14.8. The van der Waals surface area contributed by atoms with Crippen molar-refractivity contribution in [3.05, 3.63) is 89.8 Å². The molecule has 3 aromatic carbocycles. The van der Waals surface area contributed by atoms with E-state index in [9.17, 15) is 4.79 Å². The number of nitrogens with one attached hydrogen (secondary N) is 1. The summed E-state index contributed by atoms with van der Waals surface area (Å²) in [6.45, 7) is 0. The van der Waals surface area contributed by atoms with Crippen LogP contribution in [0, 0.1) is 0 Å². The van der Waals surface area contributed by atoms with E-state index in [1.807, 2.05) is 48.5 Å². The van der Waals surface area contributed by atoms with Crippen molar-refractivity contribution < 1.29 is 13.9 Å². The molecule has 1 amide bonds. The molecule has 0 radical (unpaired) electrons. The predicted molar refractivity (Wildman–Crippen MR) is 104 cm³/mol. The third-order valence-electron chi connectivity index (χ3n) is 4.26. The molecule has 0 aliphatic carbocycles. The number of hydrogen-bond donors (Lipinski definition) is 1. The van der Waals surface area contributed by atoms with Crippen LogP contribution in [0.15, 0.2) is 77.2 Å². The maximum atomic E-state index is 12.3. The smallest absolute Gasteiger partial charge is 0.255 e. The Morgan fingerprint density at radius 2 is 1.74 bits per heavy atom. The van der Waals surface area contributed by atoms with Gasteiger partial charge >= 0.3 is 0 Å². The van der Waals surface area contributed by atoms with E-state index in [0.29, 0.717) is 17.9 Å². The highest BCUT2D eigenvalue weighted by atomic mass is 16.5. The third kappa shape index (κ3) is 3.82. The van der Waals surface area contributed by atoms with Gasteiger partial charge in [-0.05, 0) is 54.1 Å². The largest absolute Gasteiger partial charge is 0.497 e. The first kappa shape index (κ1) is 16.8. The third-order valence-corrected chi connectivity index (χ3v) is 4.26. The molecule has 0 saturated carbocycles. The molecule has 0 bridgehead atoms. The molecule has 0 unspecified atom stereocenters. The van der Waals surface area contributed by atoms with Crippen LogP contribution in [0.5, 0.6) is 5.75 Å². The Hall–Kier alpha value is -3.60. The molecule has 4 rings (SSSR count). The van der Waals surface area contributed by atoms with Crippen molar-refractivity contribution in [3.8, 4) is 5.75 Å². The Morgan fingerprint density at radius 1 is 1.00 bits per heavy atom. The molecule has 0 saturated heterocycles. The standard InChI is InChI=1S/C22H18N2O3/c1-26-18-12-8-16(9-13-18)22(25)23-17-10-6-15(7-11-17)14-21-24-19-4-2-3-5-20(19)27-21/h2-13H,14H2,1H3,(H,23,25). The number of para-hydroxylation sites is 2. The van der Waals surface area contributed by atoms with E-state index in [2.05, 4.69) is 10.3 Å². The fourth-order valence-electron chi connectivity index (χ4n) is 2.82. The SMILES string of the molecule is COc1ccc(C(=O)Nc2ccc(Cc3nc4ccccc4o3)cc2)cc1. The summed E-state index contributed by atoms with van der Waals surface area (Å²) in [5, 5.41) is 2.89. The topological polar surface area (TPSA) is 64.4 Å². The van der Waals surface area contributed by atoms with Crippen molar-refractivity contribution in [3.63, 3.8) is 0 Å². The fourth-order valence-corrected chi connectivity index (χ4v) is 2.82. The number of amides is 1. The van der Waals surface area contributed by atoms with Crippen LogP contribution in [-0.2, 0) is 6.42 Å². The number of aromatic nitrogens is 1. The molecular weight excluding hydrogens is 340 g/mol. The summed E-state index contributed by atoms with van der Waals surface area (Å²) in [6.07, 6.45) is 0.599. The van der Waals surface area contributed by atoms with E-state index in [0.717, 1.165) is 28.1 Å². The maximum absolute atomic E-state index is 12.3. The van der Waals surface area contributed by atoms with Crippen LogP contribution in [0.1, 0.15) is 21.8 Å². The number of carbonyl (C=O) groups excluding carboxylic acids is 1. The summed E-state index contributed by atoms with van der Waals surface area (Å²) in [6, 6.07) is 22.4. The molecule has 0 fully saturated rings. The van der Waals surface area contributed by atoms with Crippen LogP contribution >= 0.6 is 0 Å². The summed E-state index contributed by atoms with van der Waals surface area (Å²) < 4.78 is 10.9. The molecule has 27 heavy (non-hydrogen) atoms. The summed E-state index contributed by atoms with van der Waals surface area (Å²) >= 11 is 0. The summed E-state index contributed by atoms with van der Waals surface area (Å²) in [5.41, 5.74) is 4.01. The van der Waals surface area contributed by atoms with Gasteiger partial charge in [0, 0.05) is 17.7 Å². The molecule has 4 aromatic rings. The highest BCUT2D eigenvalue weighted by Crippen LogP contribution is 2.19.